The monoisotopic (exact) mass is 553 g/mol. The second-order valence-corrected chi connectivity index (χ2v) is 14.4. The van der Waals surface area contributed by atoms with Gasteiger partial charge >= 0.3 is 0 Å². The number of aryl methyl sites for hydroxylation is 1. The van der Waals surface area contributed by atoms with Gasteiger partial charge in [-0.25, -0.2) is 9.97 Å². The van der Waals surface area contributed by atoms with Crippen LogP contribution in [0.1, 0.15) is 81.3 Å². The third-order valence-corrected chi connectivity index (χ3v) is 10.2. The van der Waals surface area contributed by atoms with Crippen molar-refractivity contribution in [2.45, 2.75) is 76.4 Å². The van der Waals surface area contributed by atoms with E-state index in [-0.39, 0.29) is 10.2 Å². The van der Waals surface area contributed by atoms with Crippen molar-refractivity contribution in [1.82, 2.24) is 25.1 Å². The van der Waals surface area contributed by atoms with E-state index in [1.165, 1.54) is 11.1 Å². The van der Waals surface area contributed by atoms with E-state index in [9.17, 15) is 4.55 Å². The van der Waals surface area contributed by atoms with Crippen molar-refractivity contribution in [3.63, 3.8) is 0 Å². The smallest absolute Gasteiger partial charge is 0.183 e. The van der Waals surface area contributed by atoms with Gasteiger partial charge in [-0.1, -0.05) is 28.7 Å². The van der Waals surface area contributed by atoms with E-state index < -0.39 is 11.4 Å². The van der Waals surface area contributed by atoms with Gasteiger partial charge in [0.05, 0.1) is 17.1 Å². The molecule has 4 aromatic rings. The van der Waals surface area contributed by atoms with Crippen LogP contribution in [-0.4, -0.2) is 46.7 Å². The van der Waals surface area contributed by atoms with E-state index in [1.807, 2.05) is 39.2 Å². The quantitative estimate of drug-likeness (QED) is 0.313. The molecule has 3 aliphatic rings. The van der Waals surface area contributed by atoms with Crippen molar-refractivity contribution < 1.29 is 4.55 Å². The summed E-state index contributed by atoms with van der Waals surface area (Å²) in [5, 5.41) is 7.81. The van der Waals surface area contributed by atoms with E-state index in [0.717, 1.165) is 91.3 Å². The number of hydrogen-bond donors (Lipinski definition) is 1. The minimum absolute atomic E-state index is 0.0600. The van der Waals surface area contributed by atoms with Crippen LogP contribution in [0.25, 0.3) is 11.2 Å². The Bertz CT molecular complexity index is 1600. The van der Waals surface area contributed by atoms with Gasteiger partial charge in [0.2, 0.25) is 0 Å². The molecule has 4 heterocycles. The summed E-state index contributed by atoms with van der Waals surface area (Å²) in [5.41, 5.74) is 8.26. The molecular weight excluding hydrogens is 518 g/mol. The molecule has 9 heteroatoms. The Morgan fingerprint density at radius 3 is 2.75 bits per heavy atom. The van der Waals surface area contributed by atoms with Crippen LogP contribution in [0.15, 0.2) is 53.2 Å². The maximum absolute atomic E-state index is 13.1. The van der Waals surface area contributed by atoms with Crippen LogP contribution in [-0.2, 0) is 24.2 Å². The first-order valence-corrected chi connectivity index (χ1v) is 15.4. The van der Waals surface area contributed by atoms with Crippen LogP contribution in [0.3, 0.4) is 0 Å². The van der Waals surface area contributed by atoms with E-state index in [2.05, 4.69) is 50.4 Å². The van der Waals surface area contributed by atoms with Gasteiger partial charge in [0.1, 0.15) is 21.8 Å². The second kappa shape index (κ2) is 9.66. The van der Waals surface area contributed by atoms with Gasteiger partial charge in [-0.2, -0.15) is 5.10 Å². The third-order valence-electron chi connectivity index (χ3n) is 8.84. The van der Waals surface area contributed by atoms with Gasteiger partial charge in [0.15, 0.2) is 17.0 Å². The number of rotatable bonds is 3. The van der Waals surface area contributed by atoms with Crippen molar-refractivity contribution in [3.8, 4) is 0 Å². The average molecular weight is 554 g/mol. The molecule has 0 amide bonds. The first-order chi connectivity index (χ1) is 19.3. The molecule has 0 bridgehead atoms. The minimum atomic E-state index is -1.29. The van der Waals surface area contributed by atoms with Crippen molar-refractivity contribution in [3.05, 3.63) is 71.3 Å². The van der Waals surface area contributed by atoms with E-state index in [4.69, 9.17) is 14.4 Å². The second-order valence-electron chi connectivity index (χ2n) is 12.5. The summed E-state index contributed by atoms with van der Waals surface area (Å²) in [6, 6.07) is 12.6. The summed E-state index contributed by atoms with van der Waals surface area (Å²) in [7, 11) is 0. The maximum Gasteiger partial charge on any atom is 0.183 e. The summed E-state index contributed by atoms with van der Waals surface area (Å²) in [6.45, 7) is 6.87. The molecule has 1 N–H and O–H groups in total. The summed E-state index contributed by atoms with van der Waals surface area (Å²) in [6.07, 6.45) is 10.8. The van der Waals surface area contributed by atoms with Gasteiger partial charge in [0, 0.05) is 35.8 Å². The van der Waals surface area contributed by atoms with Gasteiger partial charge < -0.3 is 9.45 Å². The Labute approximate surface area is 238 Å². The molecule has 3 aromatic heterocycles. The van der Waals surface area contributed by atoms with Gasteiger partial charge in [-0.05, 0) is 83.4 Å². The number of nitrogens with one attached hydrogen (secondary N) is 1. The molecule has 0 unspecified atom stereocenters. The Kier molecular flexibility index (Phi) is 6.20. The normalized spacial score (nSPS) is 24.4. The van der Waals surface area contributed by atoms with E-state index in [0.29, 0.717) is 5.92 Å². The van der Waals surface area contributed by atoms with Crippen LogP contribution in [0.5, 0.6) is 0 Å². The molecule has 40 heavy (non-hydrogen) atoms. The zero-order chi connectivity index (χ0) is 27.5. The zero-order valence-corrected chi connectivity index (χ0v) is 24.2. The molecule has 1 saturated carbocycles. The predicted molar refractivity (Wildman–Crippen MR) is 159 cm³/mol. The fourth-order valence-electron chi connectivity index (χ4n) is 6.69. The molecule has 1 aromatic carbocycles. The summed E-state index contributed by atoms with van der Waals surface area (Å²) in [4.78, 5) is 16.7. The van der Waals surface area contributed by atoms with Crippen molar-refractivity contribution in [2.24, 2.45) is 9.81 Å². The summed E-state index contributed by atoms with van der Waals surface area (Å²) in [5.74, 6) is 1.15. The molecule has 8 nitrogen and oxygen atoms in total. The van der Waals surface area contributed by atoms with Crippen LogP contribution >= 0.6 is 0 Å². The number of anilines is 2. The highest BCUT2D eigenvalue weighted by Crippen LogP contribution is 2.51. The molecule has 0 saturated heterocycles. The molecular formula is C31H35N7OS. The topological polar surface area (TPSA) is 106 Å². The third kappa shape index (κ3) is 4.30. The Balaban J connectivity index is 1.14. The number of hydrogen-bond acceptors (Lipinski definition) is 7. The lowest BCUT2D eigenvalue weighted by Crippen LogP contribution is -2.36. The largest absolute Gasteiger partial charge is 0.591 e. The number of aromatic nitrogens is 5. The standard InChI is InChI=1S/C31H35N7OS/c1-30(2,3)40(39)37-27-22-9-5-4-8-21(22)18-31(27)14-12-20(13-15-31)24-19-33-26-28(34-24)35-36-29(26)38-17-7-10-23-25(38)11-6-16-32-23/h4-6,8-9,11,16,19-20H,7,10,12-15,17-18H2,1-3H3,(H,34,35,36)/b37-27+/t20-,31+,40-/m1/s1. The maximum atomic E-state index is 13.1. The highest BCUT2D eigenvalue weighted by Gasteiger charge is 2.48. The number of pyridine rings is 1. The zero-order valence-electron chi connectivity index (χ0n) is 23.4. The predicted octanol–water partition coefficient (Wildman–Crippen LogP) is 5.98. The van der Waals surface area contributed by atoms with Crippen LogP contribution in [0.4, 0.5) is 11.5 Å². The SMILES string of the molecule is CC(C)(C)[S@@+]([O-])/N=C1\c2ccccc2C[C@]12CC[C@H](c1cnc3c(N4CCCc5ncccc54)n[nH]c3n1)CC2. The van der Waals surface area contributed by atoms with Crippen LogP contribution in [0, 0.1) is 5.41 Å². The van der Waals surface area contributed by atoms with Gasteiger partial charge in [0.25, 0.3) is 0 Å². The Morgan fingerprint density at radius 1 is 1.10 bits per heavy atom. The van der Waals surface area contributed by atoms with Crippen molar-refractivity contribution in [2.75, 3.05) is 11.4 Å². The lowest BCUT2D eigenvalue weighted by molar-refractivity contribution is 0.264. The highest BCUT2D eigenvalue weighted by molar-refractivity contribution is 7.91. The molecule has 7 rings (SSSR count). The molecule has 2 aliphatic carbocycles. The molecule has 1 fully saturated rings. The first kappa shape index (κ1) is 25.7. The summed E-state index contributed by atoms with van der Waals surface area (Å²) >= 11 is -1.29. The molecule has 206 valence electrons. The average Bonchev–Trinajstić information content (AvgIpc) is 3.51. The summed E-state index contributed by atoms with van der Waals surface area (Å²) < 4.78 is 17.7. The minimum Gasteiger partial charge on any atom is -0.591 e. The van der Waals surface area contributed by atoms with E-state index in [1.54, 1.807) is 0 Å². The fourth-order valence-corrected chi connectivity index (χ4v) is 7.42. The lowest BCUT2D eigenvalue weighted by Gasteiger charge is -2.37. The van der Waals surface area contributed by atoms with Crippen LogP contribution < -0.4 is 4.90 Å². The molecule has 1 aliphatic heterocycles. The highest BCUT2D eigenvalue weighted by atomic mass is 32.2. The Hall–Kier alpha value is -3.30. The first-order valence-electron chi connectivity index (χ1n) is 14.3. The Morgan fingerprint density at radius 2 is 1.93 bits per heavy atom. The van der Waals surface area contributed by atoms with Crippen molar-refractivity contribution in [1.29, 1.82) is 0 Å². The fraction of sp³-hybridized carbons (Fsp3) is 0.452. The number of benzene rings is 1. The number of nitrogens with zero attached hydrogens (tertiary/aromatic N) is 6. The van der Waals surface area contributed by atoms with Crippen molar-refractivity contribution >= 4 is 39.7 Å². The number of aromatic amines is 1. The molecule has 1 spiro atoms. The van der Waals surface area contributed by atoms with Crippen LogP contribution in [0.2, 0.25) is 0 Å². The lowest BCUT2D eigenvalue weighted by atomic mass is 9.67. The molecule has 1 atom stereocenters. The van der Waals surface area contributed by atoms with Gasteiger partial charge in [-0.3, -0.25) is 10.1 Å². The number of fused-ring (bicyclic) bond motifs is 3. The van der Waals surface area contributed by atoms with E-state index >= 15 is 0 Å². The number of H-pyrrole nitrogens is 1. The molecule has 0 radical (unpaired) electrons. The van der Waals surface area contributed by atoms with Gasteiger partial charge in [-0.15, -0.1) is 0 Å².